The molecule has 2 aliphatic heterocycles. The minimum Gasteiger partial charge on any atom is -0.497 e. The molecule has 0 radical (unpaired) electrons. The number of rotatable bonds is 6. The summed E-state index contributed by atoms with van der Waals surface area (Å²) in [5.74, 6) is 1.42. The largest absolute Gasteiger partial charge is 0.497 e. The Bertz CT molecular complexity index is 745. The lowest BCUT2D eigenvalue weighted by Gasteiger charge is -2.45. The summed E-state index contributed by atoms with van der Waals surface area (Å²) in [6.07, 6.45) is 7.27. The minimum absolute atomic E-state index is 0.0816. The lowest BCUT2D eigenvalue weighted by molar-refractivity contribution is -0.132. The van der Waals surface area contributed by atoms with E-state index in [1.807, 2.05) is 29.2 Å². The zero-order valence-corrected chi connectivity index (χ0v) is 17.4. The number of methoxy groups -OCH3 is 1. The van der Waals surface area contributed by atoms with Gasteiger partial charge in [0.1, 0.15) is 5.75 Å². The predicted molar refractivity (Wildman–Crippen MR) is 112 cm³/mol. The molecular weight excluding hydrogens is 366 g/mol. The maximum absolute atomic E-state index is 12.8. The number of carbonyl (C=O) groups is 2. The molecule has 0 unspecified atom stereocenters. The van der Waals surface area contributed by atoms with E-state index in [1.165, 1.54) is 12.8 Å². The van der Waals surface area contributed by atoms with Gasteiger partial charge < -0.3 is 20.3 Å². The molecule has 0 bridgehead atoms. The van der Waals surface area contributed by atoms with Crippen LogP contribution in [-0.2, 0) is 4.79 Å². The van der Waals surface area contributed by atoms with Crippen LogP contribution in [0.3, 0.4) is 0 Å². The normalized spacial score (nSPS) is 23.0. The number of likely N-dealkylation sites (tertiary alicyclic amines) is 2. The molecule has 3 aliphatic rings. The third-order valence-corrected chi connectivity index (χ3v) is 7.24. The average molecular weight is 400 g/mol. The van der Waals surface area contributed by atoms with Crippen LogP contribution in [0.4, 0.5) is 0 Å². The summed E-state index contributed by atoms with van der Waals surface area (Å²) >= 11 is 0. The molecule has 29 heavy (non-hydrogen) atoms. The van der Waals surface area contributed by atoms with E-state index in [9.17, 15) is 9.59 Å². The number of ether oxygens (including phenoxy) is 1. The maximum Gasteiger partial charge on any atom is 0.253 e. The van der Waals surface area contributed by atoms with Gasteiger partial charge in [0, 0.05) is 24.7 Å². The second-order valence-electron chi connectivity index (χ2n) is 9.08. The molecule has 2 amide bonds. The minimum atomic E-state index is -0.277. The van der Waals surface area contributed by atoms with Crippen LogP contribution in [0, 0.1) is 11.3 Å². The number of piperidine rings is 2. The van der Waals surface area contributed by atoms with Crippen LogP contribution in [0.5, 0.6) is 5.75 Å². The molecule has 158 valence electrons. The highest BCUT2D eigenvalue weighted by atomic mass is 16.5. The van der Waals surface area contributed by atoms with Crippen molar-refractivity contribution >= 4 is 11.8 Å². The Morgan fingerprint density at radius 1 is 1.10 bits per heavy atom. The first kappa shape index (κ1) is 20.2. The summed E-state index contributed by atoms with van der Waals surface area (Å²) in [5, 5.41) is 0. The number of primary amides is 1. The van der Waals surface area contributed by atoms with E-state index in [-0.39, 0.29) is 17.2 Å². The molecule has 2 saturated heterocycles. The van der Waals surface area contributed by atoms with E-state index in [0.717, 1.165) is 64.2 Å². The standard InChI is InChI=1S/C23H33N3O3/c1-29-20-4-2-3-18(15-20)21(27)26-11-7-19(8-12-26)25-13-9-23(10-14-25,22(24)28)16-17-5-6-17/h2-4,15,17,19H,5-14,16H2,1H3,(H2,24,28). The van der Waals surface area contributed by atoms with Gasteiger partial charge >= 0.3 is 0 Å². The molecular formula is C23H33N3O3. The van der Waals surface area contributed by atoms with Crippen molar-refractivity contribution in [2.75, 3.05) is 33.3 Å². The van der Waals surface area contributed by atoms with Gasteiger partial charge in [-0.1, -0.05) is 18.9 Å². The van der Waals surface area contributed by atoms with Crippen molar-refractivity contribution in [3.8, 4) is 5.75 Å². The van der Waals surface area contributed by atoms with E-state index in [1.54, 1.807) is 7.11 Å². The quantitative estimate of drug-likeness (QED) is 0.798. The Morgan fingerprint density at radius 3 is 2.38 bits per heavy atom. The van der Waals surface area contributed by atoms with Gasteiger partial charge in [0.05, 0.1) is 12.5 Å². The number of benzene rings is 1. The van der Waals surface area contributed by atoms with Crippen LogP contribution in [0.2, 0.25) is 0 Å². The van der Waals surface area contributed by atoms with Crippen LogP contribution in [0.25, 0.3) is 0 Å². The summed E-state index contributed by atoms with van der Waals surface area (Å²) in [4.78, 5) is 29.5. The molecule has 0 atom stereocenters. The Labute approximate surface area is 173 Å². The van der Waals surface area contributed by atoms with Gasteiger partial charge in [0.15, 0.2) is 0 Å². The molecule has 1 aromatic carbocycles. The zero-order chi connectivity index (χ0) is 20.4. The van der Waals surface area contributed by atoms with Crippen LogP contribution in [0.15, 0.2) is 24.3 Å². The van der Waals surface area contributed by atoms with Crippen molar-refractivity contribution in [2.24, 2.45) is 17.1 Å². The first-order valence-electron chi connectivity index (χ1n) is 11.0. The average Bonchev–Trinajstić information content (AvgIpc) is 3.57. The molecule has 4 rings (SSSR count). The SMILES string of the molecule is COc1cccc(C(=O)N2CCC(N3CCC(CC4CC4)(C(N)=O)CC3)CC2)c1. The number of amides is 2. The monoisotopic (exact) mass is 399 g/mol. The summed E-state index contributed by atoms with van der Waals surface area (Å²) in [7, 11) is 1.62. The fraction of sp³-hybridized carbons (Fsp3) is 0.652. The number of nitrogens with two attached hydrogens (primary N) is 1. The molecule has 2 heterocycles. The second-order valence-corrected chi connectivity index (χ2v) is 9.08. The first-order chi connectivity index (χ1) is 14.0. The number of nitrogens with zero attached hydrogens (tertiary/aromatic N) is 2. The van der Waals surface area contributed by atoms with Crippen LogP contribution >= 0.6 is 0 Å². The molecule has 0 spiro atoms. The fourth-order valence-corrected chi connectivity index (χ4v) is 5.12. The van der Waals surface area contributed by atoms with E-state index in [0.29, 0.717) is 17.4 Å². The van der Waals surface area contributed by atoms with Crippen molar-refractivity contribution < 1.29 is 14.3 Å². The third-order valence-electron chi connectivity index (χ3n) is 7.24. The van der Waals surface area contributed by atoms with Crippen molar-refractivity contribution in [2.45, 2.75) is 51.0 Å². The Kier molecular flexibility index (Phi) is 5.81. The van der Waals surface area contributed by atoms with E-state index in [4.69, 9.17) is 10.5 Å². The molecule has 2 N–H and O–H groups in total. The molecule has 6 heteroatoms. The van der Waals surface area contributed by atoms with Crippen LogP contribution in [-0.4, -0.2) is 60.9 Å². The van der Waals surface area contributed by atoms with Crippen LogP contribution < -0.4 is 10.5 Å². The van der Waals surface area contributed by atoms with Crippen molar-refractivity contribution in [3.05, 3.63) is 29.8 Å². The summed E-state index contributed by atoms with van der Waals surface area (Å²) in [5.41, 5.74) is 6.23. The lowest BCUT2D eigenvalue weighted by Crippen LogP contribution is -2.53. The van der Waals surface area contributed by atoms with Crippen molar-refractivity contribution in [1.82, 2.24) is 9.80 Å². The van der Waals surface area contributed by atoms with Gasteiger partial charge in [0.2, 0.25) is 5.91 Å². The van der Waals surface area contributed by atoms with Gasteiger partial charge in [-0.05, 0) is 69.3 Å². The summed E-state index contributed by atoms with van der Waals surface area (Å²) in [6, 6.07) is 7.87. The van der Waals surface area contributed by atoms with Gasteiger partial charge in [-0.25, -0.2) is 0 Å². The highest BCUT2D eigenvalue weighted by Crippen LogP contribution is 2.46. The Balaban J connectivity index is 1.30. The summed E-state index contributed by atoms with van der Waals surface area (Å²) in [6.45, 7) is 3.45. The third kappa shape index (κ3) is 4.42. The van der Waals surface area contributed by atoms with Gasteiger partial charge in [-0.2, -0.15) is 0 Å². The summed E-state index contributed by atoms with van der Waals surface area (Å²) < 4.78 is 5.24. The Morgan fingerprint density at radius 2 is 1.79 bits per heavy atom. The van der Waals surface area contributed by atoms with Crippen molar-refractivity contribution in [1.29, 1.82) is 0 Å². The van der Waals surface area contributed by atoms with Crippen LogP contribution in [0.1, 0.15) is 55.3 Å². The highest BCUT2D eigenvalue weighted by molar-refractivity contribution is 5.94. The van der Waals surface area contributed by atoms with E-state index in [2.05, 4.69) is 4.90 Å². The topological polar surface area (TPSA) is 75.9 Å². The van der Waals surface area contributed by atoms with E-state index >= 15 is 0 Å². The van der Waals surface area contributed by atoms with Gasteiger partial charge in [-0.15, -0.1) is 0 Å². The second kappa shape index (κ2) is 8.34. The zero-order valence-electron chi connectivity index (χ0n) is 17.4. The molecule has 6 nitrogen and oxygen atoms in total. The molecule has 3 fully saturated rings. The highest BCUT2D eigenvalue weighted by Gasteiger charge is 2.44. The smallest absolute Gasteiger partial charge is 0.253 e. The number of hydrogen-bond donors (Lipinski definition) is 1. The maximum atomic E-state index is 12.8. The van der Waals surface area contributed by atoms with Gasteiger partial charge in [0.25, 0.3) is 5.91 Å². The lowest BCUT2D eigenvalue weighted by atomic mass is 9.73. The first-order valence-corrected chi connectivity index (χ1v) is 11.0. The van der Waals surface area contributed by atoms with Crippen molar-refractivity contribution in [3.63, 3.8) is 0 Å². The fourth-order valence-electron chi connectivity index (χ4n) is 5.12. The predicted octanol–water partition coefficient (Wildman–Crippen LogP) is 2.67. The van der Waals surface area contributed by atoms with Gasteiger partial charge in [-0.3, -0.25) is 9.59 Å². The molecule has 1 saturated carbocycles. The number of hydrogen-bond acceptors (Lipinski definition) is 4. The number of carbonyl (C=O) groups excluding carboxylic acids is 2. The molecule has 0 aromatic heterocycles. The molecule has 1 aromatic rings. The van der Waals surface area contributed by atoms with E-state index < -0.39 is 0 Å². The molecule has 1 aliphatic carbocycles. The Hall–Kier alpha value is -2.08.